The molecule has 1 rings (SSSR count). The van der Waals surface area contributed by atoms with Gasteiger partial charge in [-0.05, 0) is 30.2 Å². The van der Waals surface area contributed by atoms with Crippen LogP contribution < -0.4 is 4.74 Å². The Balaban J connectivity index is 2.83. The summed E-state index contributed by atoms with van der Waals surface area (Å²) in [4.78, 5) is 0. The minimum Gasteiger partial charge on any atom is -0.476 e. The van der Waals surface area contributed by atoms with Crippen molar-refractivity contribution in [2.75, 3.05) is 0 Å². The Hall–Kier alpha value is -1.05. The minimum absolute atomic E-state index is 0.0544. The number of ether oxygens (including phenoxy) is 1. The van der Waals surface area contributed by atoms with Crippen molar-refractivity contribution in [2.45, 2.75) is 26.1 Å². The van der Waals surface area contributed by atoms with Gasteiger partial charge in [0, 0.05) is 4.47 Å². The molecule has 1 unspecified atom stereocenters. The van der Waals surface area contributed by atoms with Crippen LogP contribution in [0.5, 0.6) is 5.75 Å². The molecule has 0 radical (unpaired) electrons. The predicted molar refractivity (Wildman–Crippen MR) is 60.4 cm³/mol. The van der Waals surface area contributed by atoms with Crippen LogP contribution in [0.4, 0.5) is 0 Å². The van der Waals surface area contributed by atoms with Crippen LogP contribution in [0.1, 0.15) is 18.9 Å². The van der Waals surface area contributed by atoms with Gasteiger partial charge < -0.3 is 9.84 Å². The molecule has 0 saturated heterocycles. The van der Waals surface area contributed by atoms with E-state index in [-0.39, 0.29) is 6.61 Å². The van der Waals surface area contributed by atoms with Gasteiger partial charge in [-0.2, -0.15) is 5.26 Å². The molecular weight excluding hydrogens is 258 g/mol. The summed E-state index contributed by atoms with van der Waals surface area (Å²) in [5.74, 6) is 0.607. The molecule has 15 heavy (non-hydrogen) atoms. The maximum absolute atomic E-state index is 9.04. The van der Waals surface area contributed by atoms with Gasteiger partial charge in [0.1, 0.15) is 11.8 Å². The second-order valence-corrected chi connectivity index (χ2v) is 3.91. The first-order chi connectivity index (χ1) is 7.21. The maximum atomic E-state index is 9.04. The van der Waals surface area contributed by atoms with E-state index in [1.807, 2.05) is 6.92 Å². The molecule has 0 aromatic heterocycles. The summed E-state index contributed by atoms with van der Waals surface area (Å²) < 4.78 is 6.25. The zero-order valence-corrected chi connectivity index (χ0v) is 9.99. The van der Waals surface area contributed by atoms with Crippen molar-refractivity contribution in [1.29, 1.82) is 5.26 Å². The van der Waals surface area contributed by atoms with Gasteiger partial charge in [0.2, 0.25) is 0 Å². The average molecular weight is 270 g/mol. The van der Waals surface area contributed by atoms with Crippen molar-refractivity contribution in [3.05, 3.63) is 28.2 Å². The van der Waals surface area contributed by atoms with Crippen molar-refractivity contribution in [3.8, 4) is 11.8 Å². The largest absolute Gasteiger partial charge is 0.476 e. The van der Waals surface area contributed by atoms with E-state index in [0.29, 0.717) is 12.2 Å². The zero-order valence-electron chi connectivity index (χ0n) is 8.40. The molecule has 0 amide bonds. The molecule has 1 N–H and O–H groups in total. The Morgan fingerprint density at radius 3 is 2.87 bits per heavy atom. The van der Waals surface area contributed by atoms with Crippen molar-refractivity contribution in [1.82, 2.24) is 0 Å². The summed E-state index contributed by atoms with van der Waals surface area (Å²) in [6.45, 7) is 1.83. The fraction of sp³-hybridized carbons (Fsp3) is 0.364. The zero-order chi connectivity index (χ0) is 11.3. The molecule has 0 spiro atoms. The average Bonchev–Trinajstić information content (AvgIpc) is 2.28. The van der Waals surface area contributed by atoms with Crippen LogP contribution in [0.3, 0.4) is 0 Å². The molecule has 0 heterocycles. The fourth-order valence-corrected chi connectivity index (χ4v) is 1.48. The molecule has 0 fully saturated rings. The summed E-state index contributed by atoms with van der Waals surface area (Å²) >= 11 is 3.31. The van der Waals surface area contributed by atoms with Gasteiger partial charge in [-0.3, -0.25) is 0 Å². The van der Waals surface area contributed by atoms with Gasteiger partial charge >= 0.3 is 0 Å². The highest BCUT2D eigenvalue weighted by atomic mass is 79.9. The SMILES string of the molecule is CCC(C#N)Oc1ccc(Br)c(CO)c1. The molecule has 0 bridgehead atoms. The van der Waals surface area contributed by atoms with Gasteiger partial charge in [0.15, 0.2) is 6.10 Å². The first kappa shape index (κ1) is 12.0. The fourth-order valence-electron chi connectivity index (χ4n) is 1.11. The van der Waals surface area contributed by atoms with E-state index < -0.39 is 6.10 Å². The molecule has 0 aliphatic carbocycles. The van der Waals surface area contributed by atoms with E-state index >= 15 is 0 Å². The summed E-state index contributed by atoms with van der Waals surface area (Å²) in [7, 11) is 0. The van der Waals surface area contributed by atoms with Gasteiger partial charge in [0.25, 0.3) is 0 Å². The number of nitriles is 1. The quantitative estimate of drug-likeness (QED) is 0.914. The number of benzene rings is 1. The second kappa shape index (κ2) is 5.74. The van der Waals surface area contributed by atoms with Crippen molar-refractivity contribution in [2.24, 2.45) is 0 Å². The van der Waals surface area contributed by atoms with Gasteiger partial charge in [-0.15, -0.1) is 0 Å². The van der Waals surface area contributed by atoms with E-state index in [0.717, 1.165) is 10.0 Å². The molecule has 0 aliphatic heterocycles. The summed E-state index contributed by atoms with van der Waals surface area (Å²) in [6, 6.07) is 7.35. The molecule has 0 saturated carbocycles. The van der Waals surface area contributed by atoms with Crippen LogP contribution in [0.15, 0.2) is 22.7 Å². The third-order valence-corrected chi connectivity index (χ3v) is 2.75. The lowest BCUT2D eigenvalue weighted by atomic mass is 10.2. The molecular formula is C11H12BrNO2. The smallest absolute Gasteiger partial charge is 0.184 e. The van der Waals surface area contributed by atoms with E-state index in [9.17, 15) is 0 Å². The normalized spacial score (nSPS) is 11.9. The number of hydrogen-bond donors (Lipinski definition) is 1. The number of hydrogen-bond acceptors (Lipinski definition) is 3. The Labute approximate surface area is 97.4 Å². The first-order valence-corrected chi connectivity index (χ1v) is 5.46. The summed E-state index contributed by atoms with van der Waals surface area (Å²) in [5.41, 5.74) is 0.750. The number of nitrogens with zero attached hydrogens (tertiary/aromatic N) is 1. The van der Waals surface area contributed by atoms with Gasteiger partial charge in [-0.25, -0.2) is 0 Å². The van der Waals surface area contributed by atoms with E-state index in [4.69, 9.17) is 15.1 Å². The standard InChI is InChI=1S/C11H12BrNO2/c1-2-9(6-13)15-10-3-4-11(12)8(5-10)7-14/h3-5,9,14H,2,7H2,1H3. The third-order valence-electron chi connectivity index (χ3n) is 1.98. The Bertz CT molecular complexity index is 373. The molecule has 1 aromatic rings. The minimum atomic E-state index is -0.433. The van der Waals surface area contributed by atoms with Crippen molar-refractivity contribution < 1.29 is 9.84 Å². The molecule has 0 aliphatic rings. The molecule has 4 heteroatoms. The lowest BCUT2D eigenvalue weighted by Crippen LogP contribution is -2.12. The van der Waals surface area contributed by atoms with E-state index in [1.54, 1.807) is 18.2 Å². The highest BCUT2D eigenvalue weighted by Gasteiger charge is 2.07. The Morgan fingerprint density at radius 1 is 1.60 bits per heavy atom. The number of aliphatic hydroxyl groups excluding tert-OH is 1. The highest BCUT2D eigenvalue weighted by Crippen LogP contribution is 2.23. The van der Waals surface area contributed by atoms with Crippen LogP contribution in [0.2, 0.25) is 0 Å². The Morgan fingerprint density at radius 2 is 2.33 bits per heavy atom. The van der Waals surface area contributed by atoms with E-state index in [2.05, 4.69) is 22.0 Å². The highest BCUT2D eigenvalue weighted by molar-refractivity contribution is 9.10. The monoisotopic (exact) mass is 269 g/mol. The van der Waals surface area contributed by atoms with Crippen LogP contribution in [0, 0.1) is 11.3 Å². The van der Waals surface area contributed by atoms with Crippen molar-refractivity contribution >= 4 is 15.9 Å². The lowest BCUT2D eigenvalue weighted by Gasteiger charge is -2.11. The molecule has 3 nitrogen and oxygen atoms in total. The predicted octanol–water partition coefficient (Wildman–Crippen LogP) is 2.62. The second-order valence-electron chi connectivity index (χ2n) is 3.06. The topological polar surface area (TPSA) is 53.2 Å². The molecule has 1 atom stereocenters. The van der Waals surface area contributed by atoms with E-state index in [1.165, 1.54) is 0 Å². The van der Waals surface area contributed by atoms with Crippen LogP contribution in [0.25, 0.3) is 0 Å². The van der Waals surface area contributed by atoms with Gasteiger partial charge in [0.05, 0.1) is 6.61 Å². The van der Waals surface area contributed by atoms with Crippen LogP contribution in [-0.4, -0.2) is 11.2 Å². The number of halogens is 1. The van der Waals surface area contributed by atoms with Gasteiger partial charge in [-0.1, -0.05) is 22.9 Å². The van der Waals surface area contributed by atoms with Crippen LogP contribution >= 0.6 is 15.9 Å². The summed E-state index contributed by atoms with van der Waals surface area (Å²) in [5, 5.41) is 17.8. The lowest BCUT2D eigenvalue weighted by molar-refractivity contribution is 0.249. The van der Waals surface area contributed by atoms with Crippen molar-refractivity contribution in [3.63, 3.8) is 0 Å². The molecule has 80 valence electrons. The third kappa shape index (κ3) is 3.22. The number of aliphatic hydroxyl groups is 1. The first-order valence-electron chi connectivity index (χ1n) is 4.66. The molecule has 1 aromatic carbocycles. The maximum Gasteiger partial charge on any atom is 0.184 e. The summed E-state index contributed by atoms with van der Waals surface area (Å²) in [6.07, 6.45) is 0.207. The van der Waals surface area contributed by atoms with Crippen LogP contribution in [-0.2, 0) is 6.61 Å². The number of rotatable bonds is 4. The Kier molecular flexibility index (Phi) is 4.60.